The molecule has 0 N–H and O–H groups in total. The number of hydrogen-bond donors (Lipinski definition) is 0. The van der Waals surface area contributed by atoms with Crippen molar-refractivity contribution in [3.8, 4) is 0 Å². The topological polar surface area (TPSA) is 62.7 Å². The lowest BCUT2D eigenvalue weighted by atomic mass is 10.1. The highest BCUT2D eigenvalue weighted by atomic mass is 16.5. The molecule has 0 aromatic heterocycles. The molecule has 0 bridgehead atoms. The molecule has 1 aromatic rings. The highest BCUT2D eigenvalue weighted by molar-refractivity contribution is 6.20. The highest BCUT2D eigenvalue weighted by Crippen LogP contribution is 2.16. The number of carbonyl (C=O) groups excluding carboxylic acids is 1. The first-order chi connectivity index (χ1) is 7.13. The third-order valence-corrected chi connectivity index (χ3v) is 2.00. The number of hydrogen-bond acceptors (Lipinski definition) is 2. The summed E-state index contributed by atoms with van der Waals surface area (Å²) in [4.78, 5) is 13.6. The van der Waals surface area contributed by atoms with E-state index in [9.17, 15) is 4.79 Å². The molecule has 1 atom stereocenters. The van der Waals surface area contributed by atoms with Gasteiger partial charge in [-0.3, -0.25) is 0 Å². The molecule has 0 aliphatic carbocycles. The maximum absolute atomic E-state index is 11.0. The average molecular weight is 204 g/mol. The summed E-state index contributed by atoms with van der Waals surface area (Å²) in [7, 11) is 0. The van der Waals surface area contributed by atoms with Crippen molar-refractivity contribution in [1.82, 2.24) is 0 Å². The van der Waals surface area contributed by atoms with Crippen LogP contribution in [0.2, 0.25) is 0 Å². The van der Waals surface area contributed by atoms with E-state index in [0.29, 0.717) is 0 Å². The first kappa shape index (κ1) is 11.1. The van der Waals surface area contributed by atoms with Gasteiger partial charge in [0.2, 0.25) is 0 Å². The van der Waals surface area contributed by atoms with Crippen molar-refractivity contribution < 1.29 is 14.3 Å². The lowest BCUT2D eigenvalue weighted by Crippen LogP contribution is -2.10. The highest BCUT2D eigenvalue weighted by Gasteiger charge is 2.11. The van der Waals surface area contributed by atoms with Gasteiger partial charge < -0.3 is 10.3 Å². The van der Waals surface area contributed by atoms with Crippen molar-refractivity contribution in [1.29, 1.82) is 0 Å². The van der Waals surface area contributed by atoms with Gasteiger partial charge in [-0.1, -0.05) is 29.8 Å². The Balaban J connectivity index is 2.68. The van der Waals surface area contributed by atoms with Crippen LogP contribution in [-0.2, 0) is 9.53 Å². The van der Waals surface area contributed by atoms with Crippen LogP contribution in [0.3, 0.4) is 0 Å². The smallest absolute Gasteiger partial charge is 0.414 e. The molecule has 78 valence electrons. The second-order valence-electron chi connectivity index (χ2n) is 3.23. The largest absolute Gasteiger partial charge is 0.449 e. The predicted molar refractivity (Wildman–Crippen MR) is 55.4 cm³/mol. The van der Waals surface area contributed by atoms with Crippen LogP contribution in [0.25, 0.3) is 5.53 Å². The fourth-order valence-corrected chi connectivity index (χ4v) is 1.16. The number of rotatable bonds is 3. The van der Waals surface area contributed by atoms with Gasteiger partial charge in [-0.15, -0.1) is 0 Å². The Hall–Kier alpha value is -1.93. The van der Waals surface area contributed by atoms with Crippen LogP contribution >= 0.6 is 0 Å². The Labute approximate surface area is 88.1 Å². The van der Waals surface area contributed by atoms with Gasteiger partial charge in [0.1, 0.15) is 6.10 Å². The molecule has 0 aliphatic rings. The summed E-state index contributed by atoms with van der Waals surface area (Å²) in [6.45, 7) is 3.74. The summed E-state index contributed by atoms with van der Waals surface area (Å²) in [5, 5.41) is 0. The summed E-state index contributed by atoms with van der Waals surface area (Å²) < 4.78 is 4.97. The Bertz CT molecular complexity index is 392. The summed E-state index contributed by atoms with van der Waals surface area (Å²) >= 11 is 0. The van der Waals surface area contributed by atoms with Gasteiger partial charge in [0.25, 0.3) is 0 Å². The fourth-order valence-electron chi connectivity index (χ4n) is 1.16. The van der Waals surface area contributed by atoms with E-state index in [-0.39, 0.29) is 6.10 Å². The quantitative estimate of drug-likeness (QED) is 0.326. The van der Waals surface area contributed by atoms with E-state index < -0.39 is 5.97 Å². The standard InChI is InChI=1S/C11H12N2O2/c1-8-3-5-10(6-4-8)9(2)15-11(14)7-13-12/h3-7,9H,1-2H3. The number of aryl methyl sites for hydroxylation is 1. The third kappa shape index (κ3) is 3.37. The van der Waals surface area contributed by atoms with Crippen molar-refractivity contribution in [2.75, 3.05) is 0 Å². The summed E-state index contributed by atoms with van der Waals surface area (Å²) in [6, 6.07) is 7.67. The number of ether oxygens (including phenoxy) is 1. The van der Waals surface area contributed by atoms with Crippen molar-refractivity contribution >= 4 is 12.2 Å². The molecule has 15 heavy (non-hydrogen) atoms. The van der Waals surface area contributed by atoms with Gasteiger partial charge in [0.15, 0.2) is 0 Å². The van der Waals surface area contributed by atoms with E-state index >= 15 is 0 Å². The minimum Gasteiger partial charge on any atom is -0.449 e. The molecule has 4 heteroatoms. The zero-order valence-electron chi connectivity index (χ0n) is 8.68. The minimum atomic E-state index is -0.662. The number of nitrogens with zero attached hydrogens (tertiary/aromatic N) is 2. The van der Waals surface area contributed by atoms with Gasteiger partial charge in [-0.25, -0.2) is 4.79 Å². The van der Waals surface area contributed by atoms with Crippen LogP contribution < -0.4 is 0 Å². The number of carbonyl (C=O) groups is 1. The first-order valence-electron chi connectivity index (χ1n) is 4.58. The van der Waals surface area contributed by atoms with Crippen LogP contribution in [0.5, 0.6) is 0 Å². The van der Waals surface area contributed by atoms with Crippen LogP contribution in [0, 0.1) is 6.92 Å². The molecule has 1 unspecified atom stereocenters. The second-order valence-corrected chi connectivity index (χ2v) is 3.23. The first-order valence-corrected chi connectivity index (χ1v) is 4.58. The zero-order chi connectivity index (χ0) is 11.3. The van der Waals surface area contributed by atoms with E-state index in [1.807, 2.05) is 31.2 Å². The second kappa shape index (κ2) is 5.08. The van der Waals surface area contributed by atoms with E-state index in [2.05, 4.69) is 4.79 Å². The van der Waals surface area contributed by atoms with E-state index in [1.165, 1.54) is 0 Å². The van der Waals surface area contributed by atoms with Crippen LogP contribution in [-0.4, -0.2) is 17.0 Å². The zero-order valence-corrected chi connectivity index (χ0v) is 8.68. The molecule has 0 aliphatic heterocycles. The lowest BCUT2D eigenvalue weighted by Gasteiger charge is -2.10. The molecule has 0 saturated heterocycles. The molecule has 0 heterocycles. The Morgan fingerprint density at radius 1 is 1.47 bits per heavy atom. The van der Waals surface area contributed by atoms with Gasteiger partial charge >= 0.3 is 12.2 Å². The van der Waals surface area contributed by atoms with Crippen LogP contribution in [0.1, 0.15) is 24.2 Å². The van der Waals surface area contributed by atoms with Crippen molar-refractivity contribution in [2.24, 2.45) is 0 Å². The van der Waals surface area contributed by atoms with Gasteiger partial charge in [-0.2, -0.15) is 4.79 Å². The molecule has 0 radical (unpaired) electrons. The predicted octanol–water partition coefficient (Wildman–Crippen LogP) is 1.90. The molecule has 4 nitrogen and oxygen atoms in total. The van der Waals surface area contributed by atoms with E-state index in [1.54, 1.807) is 6.92 Å². The summed E-state index contributed by atoms with van der Waals surface area (Å²) in [5.74, 6) is -0.662. The maximum Gasteiger partial charge on any atom is 0.414 e. The van der Waals surface area contributed by atoms with Crippen LogP contribution in [0.4, 0.5) is 0 Å². The molecule has 1 rings (SSSR count). The Kier molecular flexibility index (Phi) is 3.77. The SMILES string of the molecule is Cc1ccc(C(C)OC(=O)C=[N+]=[N-])cc1. The number of benzene rings is 1. The van der Waals surface area contributed by atoms with Gasteiger partial charge in [0, 0.05) is 0 Å². The van der Waals surface area contributed by atoms with Gasteiger partial charge in [-0.05, 0) is 19.4 Å². The van der Waals surface area contributed by atoms with Crippen molar-refractivity contribution in [3.05, 3.63) is 40.9 Å². The van der Waals surface area contributed by atoms with E-state index in [0.717, 1.165) is 17.3 Å². The minimum absolute atomic E-state index is 0.351. The molecular formula is C11H12N2O2. The molecule has 0 spiro atoms. The monoisotopic (exact) mass is 204 g/mol. The molecule has 0 saturated carbocycles. The third-order valence-electron chi connectivity index (χ3n) is 2.00. The Morgan fingerprint density at radius 3 is 2.60 bits per heavy atom. The molecular weight excluding hydrogens is 192 g/mol. The Morgan fingerprint density at radius 2 is 2.07 bits per heavy atom. The lowest BCUT2D eigenvalue weighted by molar-refractivity contribution is -0.143. The summed E-state index contributed by atoms with van der Waals surface area (Å²) in [5.41, 5.74) is 10.2. The molecule has 0 fully saturated rings. The summed E-state index contributed by atoms with van der Waals surface area (Å²) in [6.07, 6.45) is 0.376. The number of esters is 1. The van der Waals surface area contributed by atoms with Crippen LogP contribution in [0.15, 0.2) is 24.3 Å². The molecule has 1 aromatic carbocycles. The molecule has 0 amide bonds. The maximum atomic E-state index is 11.0. The van der Waals surface area contributed by atoms with Crippen molar-refractivity contribution in [2.45, 2.75) is 20.0 Å². The fraction of sp³-hybridized carbons (Fsp3) is 0.273. The van der Waals surface area contributed by atoms with Crippen molar-refractivity contribution in [3.63, 3.8) is 0 Å². The average Bonchev–Trinajstić information content (AvgIpc) is 2.18. The van der Waals surface area contributed by atoms with E-state index in [4.69, 9.17) is 10.3 Å². The van der Waals surface area contributed by atoms with Gasteiger partial charge in [0.05, 0.1) is 0 Å². The normalized spacial score (nSPS) is 11.3.